The fourth-order valence-corrected chi connectivity index (χ4v) is 3.91. The van der Waals surface area contributed by atoms with Crippen LogP contribution in [0, 0.1) is 0 Å². The molecule has 1 aromatic carbocycles. The number of esters is 1. The first-order valence-electron chi connectivity index (χ1n) is 5.76. The van der Waals surface area contributed by atoms with Crippen LogP contribution < -0.4 is 5.19 Å². The van der Waals surface area contributed by atoms with Gasteiger partial charge in [-0.3, -0.25) is 4.79 Å². The van der Waals surface area contributed by atoms with Gasteiger partial charge < -0.3 is 9.84 Å². The van der Waals surface area contributed by atoms with E-state index in [0.29, 0.717) is 6.42 Å². The van der Waals surface area contributed by atoms with Crippen LogP contribution in [0.25, 0.3) is 0 Å². The number of benzene rings is 1. The summed E-state index contributed by atoms with van der Waals surface area (Å²) in [6, 6.07) is 8.91. The van der Waals surface area contributed by atoms with Gasteiger partial charge in [-0.2, -0.15) is 0 Å². The Kier molecular flexibility index (Phi) is 4.90. The molecular formula is C13H20O3Si. The van der Waals surface area contributed by atoms with Crippen molar-refractivity contribution < 1.29 is 14.6 Å². The monoisotopic (exact) mass is 252 g/mol. The van der Waals surface area contributed by atoms with E-state index < -0.39 is 8.07 Å². The minimum Gasteiger partial charge on any atom is -0.469 e. The summed E-state index contributed by atoms with van der Waals surface area (Å²) >= 11 is 0. The molecular weight excluding hydrogens is 232 g/mol. The van der Waals surface area contributed by atoms with E-state index >= 15 is 0 Å². The van der Waals surface area contributed by atoms with E-state index in [2.05, 4.69) is 30.0 Å². The Labute approximate surface area is 103 Å². The van der Waals surface area contributed by atoms with Crippen molar-refractivity contribution in [1.29, 1.82) is 0 Å². The summed E-state index contributed by atoms with van der Waals surface area (Å²) in [5.41, 5.74) is 0.923. The number of hydrogen-bond acceptors (Lipinski definition) is 3. The third-order valence-electron chi connectivity index (χ3n) is 3.10. The van der Waals surface area contributed by atoms with E-state index in [0.717, 1.165) is 11.6 Å². The van der Waals surface area contributed by atoms with Crippen molar-refractivity contribution in [2.24, 2.45) is 0 Å². The molecule has 0 saturated heterocycles. The third kappa shape index (κ3) is 3.98. The van der Waals surface area contributed by atoms with Crippen molar-refractivity contribution in [2.75, 3.05) is 7.11 Å². The Morgan fingerprint density at radius 1 is 1.29 bits per heavy atom. The van der Waals surface area contributed by atoms with Crippen molar-refractivity contribution in [3.05, 3.63) is 29.8 Å². The lowest BCUT2D eigenvalue weighted by Crippen LogP contribution is -2.41. The van der Waals surface area contributed by atoms with E-state index in [1.165, 1.54) is 12.3 Å². The normalized spacial score (nSPS) is 11.3. The lowest BCUT2D eigenvalue weighted by atomic mass is 10.2. The zero-order chi connectivity index (χ0) is 12.9. The second-order valence-electron chi connectivity index (χ2n) is 4.82. The summed E-state index contributed by atoms with van der Waals surface area (Å²) in [6.45, 7) is 4.55. The van der Waals surface area contributed by atoms with Gasteiger partial charge in [0.2, 0.25) is 0 Å². The van der Waals surface area contributed by atoms with Gasteiger partial charge in [0.25, 0.3) is 0 Å². The van der Waals surface area contributed by atoms with Gasteiger partial charge in [0.05, 0.1) is 21.8 Å². The number of carbonyl (C=O) groups excluding carboxylic acids is 1. The molecule has 0 heterocycles. The summed E-state index contributed by atoms with van der Waals surface area (Å²) < 4.78 is 4.67. The molecule has 0 aliphatic rings. The maximum atomic E-state index is 11.2. The zero-order valence-electron chi connectivity index (χ0n) is 10.7. The van der Waals surface area contributed by atoms with Crippen LogP contribution in [-0.2, 0) is 16.1 Å². The number of aliphatic hydroxyl groups excluding tert-OH is 1. The Bertz CT molecular complexity index is 371. The summed E-state index contributed by atoms with van der Waals surface area (Å²) in [5, 5.41) is 10.3. The van der Waals surface area contributed by atoms with Crippen LogP contribution in [-0.4, -0.2) is 26.3 Å². The van der Waals surface area contributed by atoms with Crippen molar-refractivity contribution in [1.82, 2.24) is 0 Å². The van der Waals surface area contributed by atoms with E-state index in [4.69, 9.17) is 5.11 Å². The fourth-order valence-electron chi connectivity index (χ4n) is 1.72. The van der Waals surface area contributed by atoms with Crippen molar-refractivity contribution in [2.45, 2.75) is 32.2 Å². The average molecular weight is 252 g/mol. The number of hydrogen-bond donors (Lipinski definition) is 1. The van der Waals surface area contributed by atoms with Gasteiger partial charge >= 0.3 is 5.97 Å². The Morgan fingerprint density at radius 3 is 2.35 bits per heavy atom. The van der Waals surface area contributed by atoms with Crippen LogP contribution in [0.1, 0.15) is 12.0 Å². The SMILES string of the molecule is COC(=O)CC[Si](C)(C)c1ccc(CO)cc1. The van der Waals surface area contributed by atoms with Gasteiger partial charge in [0.1, 0.15) is 0 Å². The Morgan fingerprint density at radius 2 is 1.88 bits per heavy atom. The van der Waals surface area contributed by atoms with Crippen LogP contribution in [0.3, 0.4) is 0 Å². The number of ether oxygens (including phenoxy) is 1. The standard InChI is InChI=1S/C13H20O3Si/c1-16-13(15)8-9-17(2,3)12-6-4-11(10-14)5-7-12/h4-7,14H,8-10H2,1-3H3. The molecule has 0 unspecified atom stereocenters. The first-order valence-corrected chi connectivity index (χ1v) is 8.97. The highest BCUT2D eigenvalue weighted by atomic mass is 28.3. The Hall–Kier alpha value is -1.13. The summed E-state index contributed by atoms with van der Waals surface area (Å²) in [5.74, 6) is -0.141. The van der Waals surface area contributed by atoms with E-state index in [-0.39, 0.29) is 12.6 Å². The minimum absolute atomic E-state index is 0.0738. The summed E-state index contributed by atoms with van der Waals surface area (Å²) in [7, 11) is -0.153. The molecule has 1 rings (SSSR count). The van der Waals surface area contributed by atoms with Crippen LogP contribution in [0.5, 0.6) is 0 Å². The molecule has 4 heteroatoms. The van der Waals surface area contributed by atoms with Crippen molar-refractivity contribution in [3.8, 4) is 0 Å². The first kappa shape index (κ1) is 13.9. The highest BCUT2D eigenvalue weighted by Crippen LogP contribution is 2.13. The Balaban J connectivity index is 2.70. The van der Waals surface area contributed by atoms with Crippen LogP contribution >= 0.6 is 0 Å². The molecule has 0 bridgehead atoms. The van der Waals surface area contributed by atoms with E-state index in [1.807, 2.05) is 12.1 Å². The molecule has 0 aliphatic carbocycles. The molecule has 0 fully saturated rings. The molecule has 1 aromatic rings. The van der Waals surface area contributed by atoms with Gasteiger partial charge in [-0.1, -0.05) is 42.5 Å². The van der Waals surface area contributed by atoms with Crippen molar-refractivity contribution in [3.63, 3.8) is 0 Å². The van der Waals surface area contributed by atoms with Gasteiger partial charge in [-0.25, -0.2) is 0 Å². The number of methoxy groups -OCH3 is 1. The largest absolute Gasteiger partial charge is 0.469 e. The van der Waals surface area contributed by atoms with Crippen molar-refractivity contribution >= 4 is 19.2 Å². The van der Waals surface area contributed by atoms with Gasteiger partial charge in [-0.05, 0) is 11.6 Å². The molecule has 0 aliphatic heterocycles. The topological polar surface area (TPSA) is 46.5 Å². The highest BCUT2D eigenvalue weighted by Gasteiger charge is 2.24. The molecule has 94 valence electrons. The molecule has 0 aromatic heterocycles. The van der Waals surface area contributed by atoms with E-state index in [1.54, 1.807) is 0 Å². The van der Waals surface area contributed by atoms with Gasteiger partial charge in [0.15, 0.2) is 0 Å². The number of rotatable bonds is 5. The summed E-state index contributed by atoms with van der Waals surface area (Å²) in [4.78, 5) is 11.2. The lowest BCUT2D eigenvalue weighted by Gasteiger charge is -2.22. The second-order valence-corrected chi connectivity index (χ2v) is 9.66. The molecule has 17 heavy (non-hydrogen) atoms. The molecule has 0 spiro atoms. The second kappa shape index (κ2) is 5.98. The van der Waals surface area contributed by atoms with Gasteiger partial charge in [-0.15, -0.1) is 0 Å². The average Bonchev–Trinajstić information content (AvgIpc) is 2.36. The fraction of sp³-hybridized carbons (Fsp3) is 0.462. The highest BCUT2D eigenvalue weighted by molar-refractivity contribution is 6.89. The van der Waals surface area contributed by atoms with E-state index in [9.17, 15) is 4.79 Å². The molecule has 0 saturated carbocycles. The van der Waals surface area contributed by atoms with Gasteiger partial charge in [0, 0.05) is 6.42 Å². The maximum absolute atomic E-state index is 11.2. The van der Waals surface area contributed by atoms with Crippen LogP contribution in [0.2, 0.25) is 19.1 Å². The molecule has 0 radical (unpaired) electrons. The predicted molar refractivity (Wildman–Crippen MR) is 70.9 cm³/mol. The first-order chi connectivity index (χ1) is 7.99. The molecule has 1 N–H and O–H groups in total. The maximum Gasteiger partial charge on any atom is 0.305 e. The number of aliphatic hydroxyl groups is 1. The molecule has 3 nitrogen and oxygen atoms in total. The van der Waals surface area contributed by atoms with Crippen LogP contribution in [0.4, 0.5) is 0 Å². The smallest absolute Gasteiger partial charge is 0.305 e. The summed E-state index contributed by atoms with van der Waals surface area (Å²) in [6.07, 6.45) is 0.484. The number of carbonyl (C=O) groups is 1. The molecule has 0 amide bonds. The minimum atomic E-state index is -1.58. The van der Waals surface area contributed by atoms with Crippen LogP contribution in [0.15, 0.2) is 24.3 Å². The zero-order valence-corrected chi connectivity index (χ0v) is 11.7. The quantitative estimate of drug-likeness (QED) is 0.640. The molecule has 0 atom stereocenters. The predicted octanol–water partition coefficient (Wildman–Crippen LogP) is 1.66. The third-order valence-corrected chi connectivity index (χ3v) is 6.50. The lowest BCUT2D eigenvalue weighted by molar-refractivity contribution is -0.140.